The summed E-state index contributed by atoms with van der Waals surface area (Å²) >= 11 is 0. The van der Waals surface area contributed by atoms with Crippen molar-refractivity contribution in [3.63, 3.8) is 0 Å². The van der Waals surface area contributed by atoms with Gasteiger partial charge < -0.3 is 20.4 Å². The Morgan fingerprint density at radius 1 is 1.04 bits per heavy atom. The standard InChI is InChI=1S/C19H30N4O/c1-2-22-12-14-23(15-13-22)18-10-8-17(9-11-18)21-19(24)20-16-6-4-3-5-7-16/h8-11,16H,2-7,12-15H2,1H3,(H2,20,21,24). The number of piperazine rings is 1. The Morgan fingerprint density at radius 3 is 2.33 bits per heavy atom. The number of rotatable bonds is 4. The Kier molecular flexibility index (Phi) is 5.96. The zero-order chi connectivity index (χ0) is 16.8. The second-order valence-electron chi connectivity index (χ2n) is 6.90. The maximum absolute atomic E-state index is 12.1. The number of anilines is 2. The minimum absolute atomic E-state index is 0.0776. The van der Waals surface area contributed by atoms with E-state index in [2.05, 4.69) is 39.5 Å². The van der Waals surface area contributed by atoms with Crippen molar-refractivity contribution in [3.8, 4) is 0 Å². The molecular formula is C19H30N4O. The Labute approximate surface area is 145 Å². The zero-order valence-corrected chi connectivity index (χ0v) is 14.8. The van der Waals surface area contributed by atoms with Gasteiger partial charge in [0.05, 0.1) is 0 Å². The largest absolute Gasteiger partial charge is 0.369 e. The summed E-state index contributed by atoms with van der Waals surface area (Å²) in [5.74, 6) is 0. The number of likely N-dealkylation sites (N-methyl/N-ethyl adjacent to an activating group) is 1. The molecule has 132 valence electrons. The van der Waals surface area contributed by atoms with Crippen molar-refractivity contribution < 1.29 is 4.79 Å². The first-order valence-corrected chi connectivity index (χ1v) is 9.39. The van der Waals surface area contributed by atoms with Gasteiger partial charge in [0.25, 0.3) is 0 Å². The molecule has 0 aromatic heterocycles. The summed E-state index contributed by atoms with van der Waals surface area (Å²) in [5.41, 5.74) is 2.10. The molecule has 1 aliphatic heterocycles. The topological polar surface area (TPSA) is 47.6 Å². The zero-order valence-electron chi connectivity index (χ0n) is 14.8. The number of urea groups is 1. The average Bonchev–Trinajstić information content (AvgIpc) is 2.63. The van der Waals surface area contributed by atoms with Gasteiger partial charge in [0.15, 0.2) is 0 Å². The highest BCUT2D eigenvalue weighted by atomic mass is 16.2. The van der Waals surface area contributed by atoms with Gasteiger partial charge in [-0.25, -0.2) is 4.79 Å². The van der Waals surface area contributed by atoms with Crippen molar-refractivity contribution in [2.24, 2.45) is 0 Å². The lowest BCUT2D eigenvalue weighted by Crippen LogP contribution is -2.46. The van der Waals surface area contributed by atoms with E-state index in [0.717, 1.165) is 51.3 Å². The number of carbonyl (C=O) groups excluding carboxylic acids is 1. The monoisotopic (exact) mass is 330 g/mol. The highest BCUT2D eigenvalue weighted by Crippen LogP contribution is 2.20. The molecule has 1 aromatic carbocycles. The van der Waals surface area contributed by atoms with E-state index < -0.39 is 0 Å². The Balaban J connectivity index is 1.48. The smallest absolute Gasteiger partial charge is 0.319 e. The first-order chi connectivity index (χ1) is 11.7. The molecule has 1 heterocycles. The normalized spacial score (nSPS) is 20.0. The molecule has 2 amide bonds. The molecule has 0 unspecified atom stereocenters. The van der Waals surface area contributed by atoms with Crippen LogP contribution in [0.4, 0.5) is 16.2 Å². The van der Waals surface area contributed by atoms with Gasteiger partial charge >= 0.3 is 6.03 Å². The molecule has 5 heteroatoms. The van der Waals surface area contributed by atoms with Crippen molar-refractivity contribution in [3.05, 3.63) is 24.3 Å². The Bertz CT molecular complexity index is 517. The quantitative estimate of drug-likeness (QED) is 0.891. The number of nitrogens with zero attached hydrogens (tertiary/aromatic N) is 2. The van der Waals surface area contributed by atoms with Crippen LogP contribution in [0.5, 0.6) is 0 Å². The molecule has 2 fully saturated rings. The van der Waals surface area contributed by atoms with E-state index >= 15 is 0 Å². The van der Waals surface area contributed by atoms with Crippen molar-refractivity contribution in [1.29, 1.82) is 0 Å². The number of amides is 2. The van der Waals surface area contributed by atoms with Crippen LogP contribution in [-0.4, -0.2) is 49.7 Å². The molecule has 2 N–H and O–H groups in total. The van der Waals surface area contributed by atoms with Gasteiger partial charge in [-0.05, 0) is 43.7 Å². The van der Waals surface area contributed by atoms with Gasteiger partial charge in [-0.15, -0.1) is 0 Å². The molecular weight excluding hydrogens is 300 g/mol. The van der Waals surface area contributed by atoms with E-state index in [9.17, 15) is 4.79 Å². The minimum atomic E-state index is -0.0776. The van der Waals surface area contributed by atoms with Gasteiger partial charge in [-0.3, -0.25) is 0 Å². The Hall–Kier alpha value is -1.75. The summed E-state index contributed by atoms with van der Waals surface area (Å²) in [4.78, 5) is 17.0. The van der Waals surface area contributed by atoms with Crippen LogP contribution in [0.3, 0.4) is 0 Å². The second kappa shape index (κ2) is 8.38. The molecule has 0 bridgehead atoms. The van der Waals surface area contributed by atoms with Crippen molar-refractivity contribution in [1.82, 2.24) is 10.2 Å². The van der Waals surface area contributed by atoms with E-state index in [1.807, 2.05) is 12.1 Å². The fraction of sp³-hybridized carbons (Fsp3) is 0.632. The summed E-state index contributed by atoms with van der Waals surface area (Å²) in [5, 5.41) is 6.05. The van der Waals surface area contributed by atoms with Crippen LogP contribution < -0.4 is 15.5 Å². The predicted octanol–water partition coefficient (Wildman–Crippen LogP) is 3.28. The molecule has 5 nitrogen and oxygen atoms in total. The third-order valence-electron chi connectivity index (χ3n) is 5.25. The molecule has 1 saturated carbocycles. The maximum Gasteiger partial charge on any atom is 0.319 e. The Morgan fingerprint density at radius 2 is 1.71 bits per heavy atom. The van der Waals surface area contributed by atoms with Crippen LogP contribution >= 0.6 is 0 Å². The maximum atomic E-state index is 12.1. The highest BCUT2D eigenvalue weighted by molar-refractivity contribution is 5.89. The first-order valence-electron chi connectivity index (χ1n) is 9.39. The van der Waals surface area contributed by atoms with Crippen LogP contribution in [0.1, 0.15) is 39.0 Å². The van der Waals surface area contributed by atoms with Crippen LogP contribution in [0, 0.1) is 0 Å². The molecule has 1 aliphatic carbocycles. The van der Waals surface area contributed by atoms with E-state index in [0.29, 0.717) is 6.04 Å². The number of benzene rings is 1. The average molecular weight is 330 g/mol. The minimum Gasteiger partial charge on any atom is -0.369 e. The fourth-order valence-corrected chi connectivity index (χ4v) is 3.68. The highest BCUT2D eigenvalue weighted by Gasteiger charge is 2.17. The van der Waals surface area contributed by atoms with Gasteiger partial charge in [0.1, 0.15) is 0 Å². The molecule has 1 aromatic rings. The fourth-order valence-electron chi connectivity index (χ4n) is 3.68. The lowest BCUT2D eigenvalue weighted by molar-refractivity contribution is 0.244. The van der Waals surface area contributed by atoms with Crippen LogP contribution in [0.15, 0.2) is 24.3 Å². The van der Waals surface area contributed by atoms with Gasteiger partial charge in [0.2, 0.25) is 0 Å². The lowest BCUT2D eigenvalue weighted by atomic mass is 9.96. The summed E-state index contributed by atoms with van der Waals surface area (Å²) in [6.07, 6.45) is 5.97. The van der Waals surface area contributed by atoms with Crippen LogP contribution in [0.25, 0.3) is 0 Å². The molecule has 0 spiro atoms. The van der Waals surface area contributed by atoms with Crippen LogP contribution in [-0.2, 0) is 0 Å². The summed E-state index contributed by atoms with van der Waals surface area (Å²) < 4.78 is 0. The third kappa shape index (κ3) is 4.63. The summed E-state index contributed by atoms with van der Waals surface area (Å²) in [6, 6.07) is 8.48. The molecule has 2 aliphatic rings. The van der Waals surface area contributed by atoms with E-state index in [4.69, 9.17) is 0 Å². The number of nitrogens with one attached hydrogen (secondary N) is 2. The van der Waals surface area contributed by atoms with E-state index in [-0.39, 0.29) is 6.03 Å². The van der Waals surface area contributed by atoms with Crippen molar-refractivity contribution >= 4 is 17.4 Å². The molecule has 0 radical (unpaired) electrons. The molecule has 1 saturated heterocycles. The van der Waals surface area contributed by atoms with Gasteiger partial charge in [-0.2, -0.15) is 0 Å². The third-order valence-corrected chi connectivity index (χ3v) is 5.25. The summed E-state index contributed by atoms with van der Waals surface area (Å²) in [6.45, 7) is 7.74. The molecule has 24 heavy (non-hydrogen) atoms. The first kappa shape index (κ1) is 17.1. The van der Waals surface area contributed by atoms with Gasteiger partial charge in [-0.1, -0.05) is 26.2 Å². The van der Waals surface area contributed by atoms with Gasteiger partial charge in [0, 0.05) is 43.6 Å². The SMILES string of the molecule is CCN1CCN(c2ccc(NC(=O)NC3CCCCC3)cc2)CC1. The number of hydrogen-bond acceptors (Lipinski definition) is 3. The van der Waals surface area contributed by atoms with E-state index in [1.54, 1.807) is 0 Å². The molecule has 3 rings (SSSR count). The van der Waals surface area contributed by atoms with Crippen molar-refractivity contribution in [2.75, 3.05) is 42.9 Å². The number of carbonyl (C=O) groups is 1. The van der Waals surface area contributed by atoms with E-state index in [1.165, 1.54) is 24.9 Å². The molecule has 0 atom stereocenters. The second-order valence-corrected chi connectivity index (χ2v) is 6.90. The predicted molar refractivity (Wildman–Crippen MR) is 99.8 cm³/mol. The number of hydrogen-bond donors (Lipinski definition) is 2. The van der Waals surface area contributed by atoms with Crippen LogP contribution in [0.2, 0.25) is 0 Å². The summed E-state index contributed by atoms with van der Waals surface area (Å²) in [7, 11) is 0. The van der Waals surface area contributed by atoms with Crippen molar-refractivity contribution in [2.45, 2.75) is 45.1 Å². The lowest BCUT2D eigenvalue weighted by Gasteiger charge is -2.35.